The molecule has 3 heterocycles. The quantitative estimate of drug-likeness (QED) is 0.928. The number of hydrogen-bond acceptors (Lipinski definition) is 3. The summed E-state index contributed by atoms with van der Waals surface area (Å²) in [6.07, 6.45) is 5.31. The summed E-state index contributed by atoms with van der Waals surface area (Å²) in [7, 11) is 0. The molecule has 2 aromatic rings. The number of hydrogen-bond donors (Lipinski definition) is 1. The second kappa shape index (κ2) is 6.16. The van der Waals surface area contributed by atoms with E-state index in [1.165, 1.54) is 5.56 Å². The molecule has 2 unspecified atom stereocenters. The van der Waals surface area contributed by atoms with Crippen LogP contribution in [0.5, 0.6) is 0 Å². The Morgan fingerprint density at radius 2 is 2.17 bits per heavy atom. The van der Waals surface area contributed by atoms with Crippen LogP contribution in [0, 0.1) is 0 Å². The first-order valence-electron chi connectivity index (χ1n) is 8.34. The zero-order valence-corrected chi connectivity index (χ0v) is 13.1. The third kappa shape index (κ3) is 2.65. The second-order valence-electron chi connectivity index (χ2n) is 6.25. The van der Waals surface area contributed by atoms with E-state index in [4.69, 9.17) is 4.74 Å². The lowest BCUT2D eigenvalue weighted by molar-refractivity contribution is -0.149. The van der Waals surface area contributed by atoms with Crippen LogP contribution in [-0.2, 0) is 16.0 Å². The van der Waals surface area contributed by atoms with Crippen molar-refractivity contribution < 1.29 is 9.53 Å². The van der Waals surface area contributed by atoms with E-state index in [0.29, 0.717) is 6.61 Å². The van der Waals surface area contributed by atoms with Crippen molar-refractivity contribution in [3.63, 3.8) is 0 Å². The predicted molar refractivity (Wildman–Crippen MR) is 85.7 cm³/mol. The molecule has 0 bridgehead atoms. The average Bonchev–Trinajstić information content (AvgIpc) is 3.15. The number of piperidine rings is 1. The zero-order chi connectivity index (χ0) is 15.6. The molecule has 1 fully saturated rings. The van der Waals surface area contributed by atoms with Crippen molar-refractivity contribution in [2.45, 2.75) is 37.8 Å². The minimum atomic E-state index is -0.469. The number of aromatic amines is 1. The molecule has 0 spiro atoms. The van der Waals surface area contributed by atoms with Crippen LogP contribution in [0.3, 0.4) is 0 Å². The largest absolute Gasteiger partial charge is 0.363 e. The summed E-state index contributed by atoms with van der Waals surface area (Å²) in [6, 6.07) is 10.2. The molecule has 1 aromatic carbocycles. The number of nitrogens with zero attached hydrogens (tertiary/aromatic N) is 2. The summed E-state index contributed by atoms with van der Waals surface area (Å²) in [5, 5.41) is 7.07. The van der Waals surface area contributed by atoms with Crippen molar-refractivity contribution in [1.82, 2.24) is 15.1 Å². The van der Waals surface area contributed by atoms with Gasteiger partial charge in [0.1, 0.15) is 0 Å². The minimum Gasteiger partial charge on any atom is -0.363 e. The fourth-order valence-electron chi connectivity index (χ4n) is 3.72. The number of rotatable bonds is 2. The topological polar surface area (TPSA) is 58.2 Å². The number of ether oxygens (including phenoxy) is 1. The molecule has 1 N–H and O–H groups in total. The SMILES string of the molecule is O=C(C1OCCc2ccccc21)N1CCCCC1c1ccn[nH]1. The summed E-state index contributed by atoms with van der Waals surface area (Å²) >= 11 is 0. The number of benzene rings is 1. The standard InChI is InChI=1S/C18H21N3O2/c22-18(17-14-6-2-1-5-13(14)9-12-23-17)21-11-4-3-7-16(21)15-8-10-19-20-15/h1-2,5-6,8,10,16-17H,3-4,7,9,11-12H2,(H,19,20). The van der Waals surface area contributed by atoms with Gasteiger partial charge in [-0.2, -0.15) is 5.10 Å². The van der Waals surface area contributed by atoms with Gasteiger partial charge in [-0.3, -0.25) is 9.89 Å². The second-order valence-corrected chi connectivity index (χ2v) is 6.25. The number of fused-ring (bicyclic) bond motifs is 1. The molecule has 23 heavy (non-hydrogen) atoms. The van der Waals surface area contributed by atoms with Crippen LogP contribution in [0.15, 0.2) is 36.5 Å². The van der Waals surface area contributed by atoms with Gasteiger partial charge in [0.05, 0.1) is 18.3 Å². The maximum atomic E-state index is 13.2. The van der Waals surface area contributed by atoms with Crippen molar-refractivity contribution in [1.29, 1.82) is 0 Å². The predicted octanol–water partition coefficient (Wildman–Crippen LogP) is 2.78. The van der Waals surface area contributed by atoms with E-state index < -0.39 is 6.10 Å². The number of aromatic nitrogens is 2. The molecule has 0 saturated carbocycles. The maximum Gasteiger partial charge on any atom is 0.256 e. The Labute approximate surface area is 135 Å². The molecule has 2 aliphatic heterocycles. The highest BCUT2D eigenvalue weighted by molar-refractivity contribution is 5.83. The van der Waals surface area contributed by atoms with Gasteiger partial charge in [-0.1, -0.05) is 24.3 Å². The molecule has 1 amide bonds. The Hall–Kier alpha value is -2.14. The highest BCUT2D eigenvalue weighted by Crippen LogP contribution is 2.35. The van der Waals surface area contributed by atoms with Crippen LogP contribution >= 0.6 is 0 Å². The van der Waals surface area contributed by atoms with Gasteiger partial charge in [0.25, 0.3) is 5.91 Å². The summed E-state index contributed by atoms with van der Waals surface area (Å²) in [6.45, 7) is 1.39. The summed E-state index contributed by atoms with van der Waals surface area (Å²) < 4.78 is 5.87. The van der Waals surface area contributed by atoms with Crippen molar-refractivity contribution in [2.75, 3.05) is 13.2 Å². The molecule has 5 heteroatoms. The molecule has 2 aliphatic rings. The van der Waals surface area contributed by atoms with Gasteiger partial charge in [0.15, 0.2) is 6.10 Å². The van der Waals surface area contributed by atoms with E-state index >= 15 is 0 Å². The molecule has 1 aromatic heterocycles. The Balaban J connectivity index is 1.63. The van der Waals surface area contributed by atoms with Gasteiger partial charge >= 0.3 is 0 Å². The number of carbonyl (C=O) groups excluding carboxylic acids is 1. The van der Waals surface area contributed by atoms with E-state index in [9.17, 15) is 4.79 Å². The van der Waals surface area contributed by atoms with Crippen LogP contribution in [0.4, 0.5) is 0 Å². The van der Waals surface area contributed by atoms with Gasteiger partial charge in [-0.25, -0.2) is 0 Å². The van der Waals surface area contributed by atoms with E-state index in [1.807, 2.05) is 29.2 Å². The molecule has 0 radical (unpaired) electrons. The van der Waals surface area contributed by atoms with Gasteiger partial charge in [0.2, 0.25) is 0 Å². The Kier molecular flexibility index (Phi) is 3.87. The van der Waals surface area contributed by atoms with Gasteiger partial charge in [-0.15, -0.1) is 0 Å². The summed E-state index contributed by atoms with van der Waals surface area (Å²) in [5.74, 6) is 0.0800. The molecule has 120 valence electrons. The van der Waals surface area contributed by atoms with Gasteiger partial charge in [-0.05, 0) is 42.9 Å². The third-order valence-corrected chi connectivity index (χ3v) is 4.88. The number of likely N-dealkylation sites (tertiary alicyclic amines) is 1. The average molecular weight is 311 g/mol. The lowest BCUT2D eigenvalue weighted by Crippen LogP contribution is -2.43. The van der Waals surface area contributed by atoms with E-state index in [0.717, 1.165) is 43.5 Å². The normalized spacial score (nSPS) is 24.3. The number of H-pyrrole nitrogens is 1. The lowest BCUT2D eigenvalue weighted by Gasteiger charge is -2.38. The van der Waals surface area contributed by atoms with Crippen molar-refractivity contribution >= 4 is 5.91 Å². The zero-order valence-electron chi connectivity index (χ0n) is 13.1. The highest BCUT2D eigenvalue weighted by atomic mass is 16.5. The molecule has 4 rings (SSSR count). The molecule has 1 saturated heterocycles. The van der Waals surface area contributed by atoms with Crippen LogP contribution in [0.25, 0.3) is 0 Å². The lowest BCUT2D eigenvalue weighted by atomic mass is 9.94. The molecule has 0 aliphatic carbocycles. The first-order valence-corrected chi connectivity index (χ1v) is 8.34. The first-order chi connectivity index (χ1) is 11.3. The smallest absolute Gasteiger partial charge is 0.256 e. The molecular formula is C18H21N3O2. The van der Waals surface area contributed by atoms with Crippen LogP contribution < -0.4 is 0 Å². The van der Waals surface area contributed by atoms with Crippen molar-refractivity contribution in [3.05, 3.63) is 53.3 Å². The Morgan fingerprint density at radius 3 is 3.04 bits per heavy atom. The first kappa shape index (κ1) is 14.5. The molecular weight excluding hydrogens is 290 g/mol. The fourth-order valence-corrected chi connectivity index (χ4v) is 3.72. The van der Waals surface area contributed by atoms with E-state index in [2.05, 4.69) is 16.3 Å². The Bertz CT molecular complexity index is 683. The van der Waals surface area contributed by atoms with Crippen LogP contribution in [-0.4, -0.2) is 34.2 Å². The Morgan fingerprint density at radius 1 is 1.26 bits per heavy atom. The van der Waals surface area contributed by atoms with Crippen LogP contribution in [0.1, 0.15) is 48.2 Å². The maximum absolute atomic E-state index is 13.2. The van der Waals surface area contributed by atoms with E-state index in [1.54, 1.807) is 6.20 Å². The number of amides is 1. The minimum absolute atomic E-state index is 0.0800. The molecule has 2 atom stereocenters. The summed E-state index contributed by atoms with van der Waals surface area (Å²) in [4.78, 5) is 15.2. The van der Waals surface area contributed by atoms with Crippen molar-refractivity contribution in [2.24, 2.45) is 0 Å². The fraction of sp³-hybridized carbons (Fsp3) is 0.444. The number of nitrogens with one attached hydrogen (secondary N) is 1. The van der Waals surface area contributed by atoms with Crippen molar-refractivity contribution in [3.8, 4) is 0 Å². The monoisotopic (exact) mass is 311 g/mol. The van der Waals surface area contributed by atoms with Crippen LogP contribution in [0.2, 0.25) is 0 Å². The van der Waals surface area contributed by atoms with E-state index in [-0.39, 0.29) is 11.9 Å². The third-order valence-electron chi connectivity index (χ3n) is 4.88. The van der Waals surface area contributed by atoms with Gasteiger partial charge in [0, 0.05) is 12.7 Å². The summed E-state index contributed by atoms with van der Waals surface area (Å²) in [5.41, 5.74) is 3.27. The highest BCUT2D eigenvalue weighted by Gasteiger charge is 2.36. The number of carbonyl (C=O) groups is 1. The molecule has 5 nitrogen and oxygen atoms in total. The van der Waals surface area contributed by atoms with Gasteiger partial charge < -0.3 is 9.64 Å².